The van der Waals surface area contributed by atoms with Crippen molar-refractivity contribution in [3.8, 4) is 0 Å². The van der Waals surface area contributed by atoms with Crippen LogP contribution in [0.5, 0.6) is 0 Å². The predicted molar refractivity (Wildman–Crippen MR) is 89.6 cm³/mol. The summed E-state index contributed by atoms with van der Waals surface area (Å²) in [7, 11) is 0. The van der Waals surface area contributed by atoms with Crippen LogP contribution in [0.15, 0.2) is 24.3 Å². The fourth-order valence-corrected chi connectivity index (χ4v) is 3.96. The largest absolute Gasteiger partial charge is 0.339 e. The standard InChI is InChI=1S/C18H17ClN2O2/c19-14-5-3-7-16(13(14)11-22)21-9-8-20-15-6-2-1-4-12(15)10-17(20)18(21)23/h3,5,7,10-11H,1-2,4,6,8-9H2. The Balaban J connectivity index is 1.77. The molecule has 1 aromatic carbocycles. The molecule has 2 heterocycles. The fourth-order valence-electron chi connectivity index (χ4n) is 3.74. The van der Waals surface area contributed by atoms with Gasteiger partial charge < -0.3 is 9.47 Å². The van der Waals surface area contributed by atoms with E-state index in [0.717, 1.165) is 31.4 Å². The van der Waals surface area contributed by atoms with Gasteiger partial charge in [-0.05, 0) is 49.4 Å². The summed E-state index contributed by atoms with van der Waals surface area (Å²) in [6.45, 7) is 1.33. The van der Waals surface area contributed by atoms with Crippen LogP contribution in [0.25, 0.3) is 0 Å². The van der Waals surface area contributed by atoms with Crippen molar-refractivity contribution in [2.75, 3.05) is 11.4 Å². The normalized spacial score (nSPS) is 16.9. The van der Waals surface area contributed by atoms with Gasteiger partial charge in [0, 0.05) is 18.8 Å². The highest BCUT2D eigenvalue weighted by Crippen LogP contribution is 2.32. The first-order valence-electron chi connectivity index (χ1n) is 7.97. The predicted octanol–water partition coefficient (Wildman–Crippen LogP) is 3.49. The number of rotatable bonds is 2. The van der Waals surface area contributed by atoms with Crippen LogP contribution in [-0.4, -0.2) is 23.3 Å². The lowest BCUT2D eigenvalue weighted by Gasteiger charge is -2.30. The number of aryl methyl sites for hydroxylation is 1. The van der Waals surface area contributed by atoms with E-state index < -0.39 is 0 Å². The molecule has 0 saturated carbocycles. The molecule has 0 radical (unpaired) electrons. The van der Waals surface area contributed by atoms with Gasteiger partial charge in [-0.3, -0.25) is 9.59 Å². The lowest BCUT2D eigenvalue weighted by molar-refractivity contribution is 0.0964. The van der Waals surface area contributed by atoms with E-state index >= 15 is 0 Å². The van der Waals surface area contributed by atoms with Crippen molar-refractivity contribution in [2.45, 2.75) is 32.2 Å². The Bertz CT molecular complexity index is 810. The molecule has 0 unspecified atom stereocenters. The number of hydrogen-bond acceptors (Lipinski definition) is 2. The zero-order valence-corrected chi connectivity index (χ0v) is 13.5. The van der Waals surface area contributed by atoms with E-state index in [0.29, 0.717) is 22.8 Å². The van der Waals surface area contributed by atoms with Crippen LogP contribution in [0.4, 0.5) is 5.69 Å². The number of carbonyl (C=O) groups is 2. The van der Waals surface area contributed by atoms with Gasteiger partial charge >= 0.3 is 0 Å². The minimum Gasteiger partial charge on any atom is -0.339 e. The van der Waals surface area contributed by atoms with E-state index in [1.165, 1.54) is 24.1 Å². The number of fused-ring (bicyclic) bond motifs is 3. The molecule has 1 amide bonds. The number of anilines is 1. The van der Waals surface area contributed by atoms with Crippen molar-refractivity contribution >= 4 is 29.5 Å². The lowest BCUT2D eigenvalue weighted by atomic mass is 9.98. The molecule has 1 aliphatic carbocycles. The molecule has 0 bridgehead atoms. The Morgan fingerprint density at radius 1 is 1.13 bits per heavy atom. The van der Waals surface area contributed by atoms with Crippen LogP contribution in [-0.2, 0) is 19.4 Å². The van der Waals surface area contributed by atoms with Crippen molar-refractivity contribution in [3.63, 3.8) is 0 Å². The third-order valence-corrected chi connectivity index (χ3v) is 5.19. The summed E-state index contributed by atoms with van der Waals surface area (Å²) in [5, 5.41) is 0.380. The van der Waals surface area contributed by atoms with Gasteiger partial charge in [-0.2, -0.15) is 0 Å². The number of carbonyl (C=O) groups excluding carboxylic acids is 2. The van der Waals surface area contributed by atoms with E-state index in [9.17, 15) is 9.59 Å². The number of hydrogen-bond donors (Lipinski definition) is 0. The van der Waals surface area contributed by atoms with Crippen LogP contribution >= 0.6 is 11.6 Å². The molecule has 5 heteroatoms. The summed E-state index contributed by atoms with van der Waals surface area (Å²) in [6.07, 6.45) is 5.22. The van der Waals surface area contributed by atoms with Crippen molar-refractivity contribution in [3.05, 3.63) is 51.8 Å². The second-order valence-electron chi connectivity index (χ2n) is 6.11. The fraction of sp³-hybridized carbons (Fsp3) is 0.333. The lowest BCUT2D eigenvalue weighted by Crippen LogP contribution is -2.41. The molecule has 0 spiro atoms. The topological polar surface area (TPSA) is 42.3 Å². The Kier molecular flexibility index (Phi) is 3.49. The summed E-state index contributed by atoms with van der Waals surface area (Å²) in [6, 6.07) is 7.27. The van der Waals surface area contributed by atoms with Crippen molar-refractivity contribution in [1.82, 2.24) is 4.57 Å². The number of halogens is 1. The van der Waals surface area contributed by atoms with Crippen molar-refractivity contribution < 1.29 is 9.59 Å². The average Bonchev–Trinajstić information content (AvgIpc) is 2.95. The molecule has 0 N–H and O–H groups in total. The first-order chi connectivity index (χ1) is 11.2. The Morgan fingerprint density at radius 2 is 1.96 bits per heavy atom. The zero-order chi connectivity index (χ0) is 16.0. The summed E-state index contributed by atoms with van der Waals surface area (Å²) >= 11 is 6.10. The van der Waals surface area contributed by atoms with E-state index in [-0.39, 0.29) is 5.91 Å². The molecule has 1 aromatic heterocycles. The monoisotopic (exact) mass is 328 g/mol. The first-order valence-corrected chi connectivity index (χ1v) is 8.35. The maximum absolute atomic E-state index is 13.0. The Hall–Kier alpha value is -2.07. The van der Waals surface area contributed by atoms with E-state index in [1.807, 2.05) is 6.07 Å². The molecule has 4 rings (SSSR count). The molecule has 0 atom stereocenters. The summed E-state index contributed by atoms with van der Waals surface area (Å²) in [5.74, 6) is -0.0454. The number of aromatic nitrogens is 1. The number of nitrogens with zero attached hydrogens (tertiary/aromatic N) is 2. The highest BCUT2D eigenvalue weighted by molar-refractivity contribution is 6.33. The quantitative estimate of drug-likeness (QED) is 0.792. The highest BCUT2D eigenvalue weighted by atomic mass is 35.5. The first kappa shape index (κ1) is 14.5. The third-order valence-electron chi connectivity index (χ3n) is 4.86. The van der Waals surface area contributed by atoms with Crippen LogP contribution in [0.2, 0.25) is 5.02 Å². The molecule has 2 aromatic rings. The maximum Gasteiger partial charge on any atom is 0.274 e. The highest BCUT2D eigenvalue weighted by Gasteiger charge is 2.31. The van der Waals surface area contributed by atoms with E-state index in [1.54, 1.807) is 23.1 Å². The maximum atomic E-state index is 13.0. The molecule has 1 aliphatic heterocycles. The minimum atomic E-state index is -0.0454. The minimum absolute atomic E-state index is 0.0454. The van der Waals surface area contributed by atoms with Gasteiger partial charge in [-0.25, -0.2) is 0 Å². The van der Waals surface area contributed by atoms with Gasteiger partial charge in [0.25, 0.3) is 5.91 Å². The van der Waals surface area contributed by atoms with Gasteiger partial charge in [0.05, 0.1) is 16.3 Å². The Morgan fingerprint density at radius 3 is 2.78 bits per heavy atom. The van der Waals surface area contributed by atoms with Crippen molar-refractivity contribution in [2.24, 2.45) is 0 Å². The molecule has 23 heavy (non-hydrogen) atoms. The average molecular weight is 329 g/mol. The van der Waals surface area contributed by atoms with Gasteiger partial charge in [-0.1, -0.05) is 17.7 Å². The molecule has 0 fully saturated rings. The smallest absolute Gasteiger partial charge is 0.274 e. The molecule has 2 aliphatic rings. The van der Waals surface area contributed by atoms with Gasteiger partial charge in [0.1, 0.15) is 5.69 Å². The van der Waals surface area contributed by atoms with Gasteiger partial charge in [-0.15, -0.1) is 0 Å². The molecular formula is C18H17ClN2O2. The number of aldehydes is 1. The van der Waals surface area contributed by atoms with Crippen LogP contribution in [0.3, 0.4) is 0 Å². The number of benzene rings is 1. The third kappa shape index (κ3) is 2.20. The van der Waals surface area contributed by atoms with E-state index in [4.69, 9.17) is 11.6 Å². The summed E-state index contributed by atoms with van der Waals surface area (Å²) in [4.78, 5) is 26.0. The molecule has 4 nitrogen and oxygen atoms in total. The van der Waals surface area contributed by atoms with E-state index in [2.05, 4.69) is 4.57 Å². The second-order valence-corrected chi connectivity index (χ2v) is 6.51. The number of amides is 1. The summed E-state index contributed by atoms with van der Waals surface area (Å²) in [5.41, 5.74) is 4.35. The summed E-state index contributed by atoms with van der Waals surface area (Å²) < 4.78 is 2.17. The second kappa shape index (κ2) is 5.53. The van der Waals surface area contributed by atoms with Crippen molar-refractivity contribution in [1.29, 1.82) is 0 Å². The van der Waals surface area contributed by atoms with Crippen LogP contribution in [0, 0.1) is 0 Å². The molecule has 118 valence electrons. The van der Waals surface area contributed by atoms with Crippen LogP contribution in [0.1, 0.15) is 44.9 Å². The SMILES string of the molecule is O=Cc1c(Cl)cccc1N1CCn2c(cc3c2CCCC3)C1=O. The van der Waals surface area contributed by atoms with Gasteiger partial charge in [0.15, 0.2) is 6.29 Å². The van der Waals surface area contributed by atoms with Crippen LogP contribution < -0.4 is 4.90 Å². The van der Waals surface area contributed by atoms with Gasteiger partial charge in [0.2, 0.25) is 0 Å². The zero-order valence-electron chi connectivity index (χ0n) is 12.7. The Labute approximate surface area is 139 Å². The molecular weight excluding hydrogens is 312 g/mol. The molecule has 0 saturated heterocycles.